The van der Waals surface area contributed by atoms with E-state index in [0.717, 1.165) is 22.5 Å². The number of carbonyl (C=O) groups excluding carboxylic acids is 1. The molecule has 0 aliphatic carbocycles. The van der Waals surface area contributed by atoms with Gasteiger partial charge in [-0.05, 0) is 42.0 Å². The summed E-state index contributed by atoms with van der Waals surface area (Å²) in [5, 5.41) is 4.83. The van der Waals surface area contributed by atoms with Gasteiger partial charge in [0.1, 0.15) is 5.82 Å². The highest BCUT2D eigenvalue weighted by molar-refractivity contribution is 5.91. The first kappa shape index (κ1) is 19.0. The van der Waals surface area contributed by atoms with Gasteiger partial charge in [0, 0.05) is 55.6 Å². The molecule has 3 aromatic heterocycles. The van der Waals surface area contributed by atoms with Gasteiger partial charge in [0.15, 0.2) is 0 Å². The van der Waals surface area contributed by atoms with Crippen LogP contribution < -0.4 is 0 Å². The molecule has 154 valence electrons. The van der Waals surface area contributed by atoms with Gasteiger partial charge in [-0.3, -0.25) is 14.5 Å². The molecule has 0 N–H and O–H groups in total. The van der Waals surface area contributed by atoms with Gasteiger partial charge in [-0.25, -0.2) is 14.4 Å². The van der Waals surface area contributed by atoms with E-state index < -0.39 is 0 Å². The van der Waals surface area contributed by atoms with E-state index in [1.165, 1.54) is 12.1 Å². The second kappa shape index (κ2) is 8.06. The van der Waals surface area contributed by atoms with Crippen LogP contribution in [0.25, 0.3) is 11.3 Å². The van der Waals surface area contributed by atoms with Gasteiger partial charge >= 0.3 is 0 Å². The van der Waals surface area contributed by atoms with Crippen molar-refractivity contribution in [3.63, 3.8) is 0 Å². The zero-order valence-corrected chi connectivity index (χ0v) is 16.6. The van der Waals surface area contributed by atoms with Crippen LogP contribution in [0.5, 0.6) is 0 Å². The standard InChI is InChI=1S/C23H19FN6O/c24-18-4-2-16(3-5-18)12-19-13-21(17-6-10-25-11-7-17)28-30(19)20-14-29(15-20)23(31)22-26-8-1-9-27-22/h1-11,13,20H,12,14-15H2. The smallest absolute Gasteiger partial charge is 0.291 e. The van der Waals surface area contributed by atoms with Crippen molar-refractivity contribution < 1.29 is 9.18 Å². The topological polar surface area (TPSA) is 76.8 Å². The molecule has 5 rings (SSSR count). The van der Waals surface area contributed by atoms with Gasteiger partial charge < -0.3 is 4.90 Å². The Balaban J connectivity index is 1.40. The van der Waals surface area contributed by atoms with Crippen LogP contribution in [-0.2, 0) is 6.42 Å². The summed E-state index contributed by atoms with van der Waals surface area (Å²) in [6, 6.07) is 14.1. The summed E-state index contributed by atoms with van der Waals surface area (Å²) in [5.41, 5.74) is 3.81. The van der Waals surface area contributed by atoms with Crippen LogP contribution >= 0.6 is 0 Å². The summed E-state index contributed by atoms with van der Waals surface area (Å²) in [5.74, 6) is -0.241. The number of nitrogens with zero attached hydrogens (tertiary/aromatic N) is 6. The van der Waals surface area contributed by atoms with Crippen LogP contribution in [-0.4, -0.2) is 48.6 Å². The van der Waals surface area contributed by atoms with E-state index in [2.05, 4.69) is 15.0 Å². The zero-order valence-electron chi connectivity index (χ0n) is 16.6. The Morgan fingerprint density at radius 3 is 2.42 bits per heavy atom. The molecule has 0 atom stereocenters. The average Bonchev–Trinajstić information content (AvgIpc) is 3.19. The fraction of sp³-hybridized carbons (Fsp3) is 0.174. The highest BCUT2D eigenvalue weighted by Crippen LogP contribution is 2.28. The molecule has 1 aromatic carbocycles. The van der Waals surface area contributed by atoms with Crippen LogP contribution in [0.2, 0.25) is 0 Å². The number of amides is 1. The summed E-state index contributed by atoms with van der Waals surface area (Å²) >= 11 is 0. The minimum Gasteiger partial charge on any atom is -0.331 e. The molecular formula is C23H19FN6O. The summed E-state index contributed by atoms with van der Waals surface area (Å²) < 4.78 is 15.3. The molecule has 0 radical (unpaired) electrons. The van der Waals surface area contributed by atoms with Crippen molar-refractivity contribution in [3.05, 3.63) is 96.2 Å². The van der Waals surface area contributed by atoms with Crippen LogP contribution in [0, 0.1) is 5.82 Å². The molecule has 1 fully saturated rings. The van der Waals surface area contributed by atoms with Crippen LogP contribution in [0.3, 0.4) is 0 Å². The van der Waals surface area contributed by atoms with Crippen molar-refractivity contribution in [1.29, 1.82) is 0 Å². The SMILES string of the molecule is O=C(c1ncccn1)N1CC(n2nc(-c3ccncc3)cc2Cc2ccc(F)cc2)C1. The fourth-order valence-electron chi connectivity index (χ4n) is 3.68. The number of pyridine rings is 1. The van der Waals surface area contributed by atoms with E-state index in [4.69, 9.17) is 5.10 Å². The van der Waals surface area contributed by atoms with E-state index in [-0.39, 0.29) is 23.6 Å². The maximum atomic E-state index is 13.3. The Kier molecular flexibility index (Phi) is 4.95. The minimum atomic E-state index is -0.258. The molecule has 8 heteroatoms. The summed E-state index contributed by atoms with van der Waals surface area (Å²) in [6.07, 6.45) is 7.21. The normalized spacial score (nSPS) is 13.8. The molecule has 1 amide bonds. The quantitative estimate of drug-likeness (QED) is 0.501. The van der Waals surface area contributed by atoms with Gasteiger partial charge in [0.2, 0.25) is 5.82 Å². The van der Waals surface area contributed by atoms with Crippen molar-refractivity contribution in [2.24, 2.45) is 0 Å². The Labute approximate surface area is 178 Å². The lowest BCUT2D eigenvalue weighted by molar-refractivity contribution is 0.0485. The van der Waals surface area contributed by atoms with Crippen molar-refractivity contribution in [1.82, 2.24) is 29.6 Å². The van der Waals surface area contributed by atoms with Crippen LogP contribution in [0.4, 0.5) is 4.39 Å². The van der Waals surface area contributed by atoms with E-state index in [9.17, 15) is 9.18 Å². The Bertz CT molecular complexity index is 1190. The summed E-state index contributed by atoms with van der Waals surface area (Å²) in [6.45, 7) is 1.07. The fourth-order valence-corrected chi connectivity index (χ4v) is 3.68. The molecule has 4 aromatic rings. The van der Waals surface area contributed by atoms with Gasteiger partial charge in [-0.2, -0.15) is 5.10 Å². The van der Waals surface area contributed by atoms with Gasteiger partial charge in [0.05, 0.1) is 11.7 Å². The number of aromatic nitrogens is 5. The Hall–Kier alpha value is -3.94. The van der Waals surface area contributed by atoms with Crippen LogP contribution in [0.1, 0.15) is 27.9 Å². The zero-order chi connectivity index (χ0) is 21.2. The van der Waals surface area contributed by atoms with Crippen molar-refractivity contribution in [3.8, 4) is 11.3 Å². The number of likely N-dealkylation sites (tertiary alicyclic amines) is 1. The van der Waals surface area contributed by atoms with Crippen molar-refractivity contribution >= 4 is 5.91 Å². The molecule has 7 nitrogen and oxygen atoms in total. The van der Waals surface area contributed by atoms with Crippen molar-refractivity contribution in [2.75, 3.05) is 13.1 Å². The minimum absolute atomic E-state index is 0.0543. The van der Waals surface area contributed by atoms with E-state index in [1.807, 2.05) is 22.9 Å². The molecule has 0 spiro atoms. The predicted octanol–water partition coefficient (Wildman–Crippen LogP) is 3.16. The number of hydrogen-bond donors (Lipinski definition) is 0. The van der Waals surface area contributed by atoms with Gasteiger partial charge in [-0.1, -0.05) is 12.1 Å². The number of benzene rings is 1. The maximum Gasteiger partial charge on any atom is 0.291 e. The molecule has 31 heavy (non-hydrogen) atoms. The first-order valence-corrected chi connectivity index (χ1v) is 9.97. The lowest BCUT2D eigenvalue weighted by Crippen LogP contribution is -2.51. The lowest BCUT2D eigenvalue weighted by atomic mass is 10.1. The van der Waals surface area contributed by atoms with Gasteiger partial charge in [0.25, 0.3) is 5.91 Å². The molecular weight excluding hydrogens is 395 g/mol. The third-order valence-corrected chi connectivity index (χ3v) is 5.34. The molecule has 1 aliphatic rings. The van der Waals surface area contributed by atoms with E-state index in [0.29, 0.717) is 19.5 Å². The van der Waals surface area contributed by atoms with E-state index in [1.54, 1.807) is 47.9 Å². The number of halogens is 1. The monoisotopic (exact) mass is 414 g/mol. The third-order valence-electron chi connectivity index (χ3n) is 5.34. The van der Waals surface area contributed by atoms with Crippen LogP contribution in [0.15, 0.2) is 73.3 Å². The predicted molar refractivity (Wildman–Crippen MR) is 112 cm³/mol. The highest BCUT2D eigenvalue weighted by Gasteiger charge is 2.35. The second-order valence-corrected chi connectivity index (χ2v) is 7.44. The molecule has 1 saturated heterocycles. The van der Waals surface area contributed by atoms with E-state index >= 15 is 0 Å². The summed E-state index contributed by atoms with van der Waals surface area (Å²) in [4.78, 5) is 26.4. The first-order valence-electron chi connectivity index (χ1n) is 9.97. The summed E-state index contributed by atoms with van der Waals surface area (Å²) in [7, 11) is 0. The number of hydrogen-bond acceptors (Lipinski definition) is 5. The lowest BCUT2D eigenvalue weighted by Gasteiger charge is -2.39. The van der Waals surface area contributed by atoms with Crippen molar-refractivity contribution in [2.45, 2.75) is 12.5 Å². The number of carbonyl (C=O) groups is 1. The Morgan fingerprint density at radius 2 is 1.71 bits per heavy atom. The number of rotatable bonds is 5. The first-order chi connectivity index (χ1) is 15.2. The molecule has 0 saturated carbocycles. The molecule has 0 unspecified atom stereocenters. The second-order valence-electron chi connectivity index (χ2n) is 7.44. The Morgan fingerprint density at radius 1 is 1.00 bits per heavy atom. The maximum absolute atomic E-state index is 13.3. The largest absolute Gasteiger partial charge is 0.331 e. The molecule has 0 bridgehead atoms. The average molecular weight is 414 g/mol. The molecule has 4 heterocycles. The third kappa shape index (κ3) is 3.92. The molecule has 1 aliphatic heterocycles. The highest BCUT2D eigenvalue weighted by atomic mass is 19.1. The van der Waals surface area contributed by atoms with Gasteiger partial charge in [-0.15, -0.1) is 0 Å².